The van der Waals surface area contributed by atoms with E-state index in [1.807, 2.05) is 11.0 Å². The number of aromatic nitrogens is 4. The predicted octanol–water partition coefficient (Wildman–Crippen LogP) is 2.54. The smallest absolute Gasteiger partial charge is 0.322 e. The molecule has 10 nitrogen and oxygen atoms in total. The maximum atomic E-state index is 12.9. The van der Waals surface area contributed by atoms with Crippen molar-refractivity contribution >= 4 is 11.7 Å². The highest BCUT2D eigenvalue weighted by Crippen LogP contribution is 2.33. The van der Waals surface area contributed by atoms with Crippen LogP contribution in [0.25, 0.3) is 11.6 Å². The molecule has 2 aliphatic heterocycles. The Bertz CT molecular complexity index is 1040. The summed E-state index contributed by atoms with van der Waals surface area (Å²) < 4.78 is 16.4. The van der Waals surface area contributed by atoms with E-state index in [4.69, 9.17) is 14.0 Å². The number of urea groups is 1. The van der Waals surface area contributed by atoms with Gasteiger partial charge in [-0.3, -0.25) is 4.98 Å². The highest BCUT2D eigenvalue weighted by molar-refractivity contribution is 5.90. The van der Waals surface area contributed by atoms with Gasteiger partial charge in [0, 0.05) is 43.2 Å². The van der Waals surface area contributed by atoms with Crippen LogP contribution in [0.15, 0.2) is 41.3 Å². The second-order valence-corrected chi connectivity index (χ2v) is 7.09. The van der Waals surface area contributed by atoms with Crippen molar-refractivity contribution in [3.05, 3.63) is 42.6 Å². The molecule has 10 heteroatoms. The summed E-state index contributed by atoms with van der Waals surface area (Å²) >= 11 is 0. The summed E-state index contributed by atoms with van der Waals surface area (Å²) in [7, 11) is 0. The molecule has 30 heavy (non-hydrogen) atoms. The summed E-state index contributed by atoms with van der Waals surface area (Å²) in [5.74, 6) is 2.19. The third kappa shape index (κ3) is 3.76. The molecule has 2 amide bonds. The SMILES string of the molecule is O=C(Nc1ccc2c(c1)OCCO2)N1CCCC1Cc1noc(-c2cnccn2)n1. The number of ether oxygens (including phenoxy) is 2. The van der Waals surface area contributed by atoms with Gasteiger partial charge in [-0.25, -0.2) is 9.78 Å². The quantitative estimate of drug-likeness (QED) is 0.700. The molecule has 0 spiro atoms. The molecule has 1 N–H and O–H groups in total. The molecule has 1 aromatic carbocycles. The zero-order valence-electron chi connectivity index (χ0n) is 16.2. The van der Waals surface area contributed by atoms with Crippen molar-refractivity contribution in [2.75, 3.05) is 25.1 Å². The number of rotatable bonds is 4. The summed E-state index contributed by atoms with van der Waals surface area (Å²) in [6.07, 6.45) is 7.04. The van der Waals surface area contributed by atoms with E-state index in [9.17, 15) is 4.79 Å². The van der Waals surface area contributed by atoms with E-state index in [1.54, 1.807) is 30.7 Å². The summed E-state index contributed by atoms with van der Waals surface area (Å²) in [5.41, 5.74) is 1.19. The zero-order chi connectivity index (χ0) is 20.3. The lowest BCUT2D eigenvalue weighted by molar-refractivity contribution is 0.171. The molecule has 1 unspecified atom stereocenters. The predicted molar refractivity (Wildman–Crippen MR) is 105 cm³/mol. The van der Waals surface area contributed by atoms with Gasteiger partial charge in [0.1, 0.15) is 18.9 Å². The average molecular weight is 408 g/mol. The molecule has 1 atom stereocenters. The first kappa shape index (κ1) is 18.3. The molecule has 2 aromatic heterocycles. The number of likely N-dealkylation sites (tertiary alicyclic amines) is 1. The van der Waals surface area contributed by atoms with E-state index < -0.39 is 0 Å². The fraction of sp³-hybridized carbons (Fsp3) is 0.350. The molecule has 0 saturated carbocycles. The standard InChI is InChI=1S/C20H20N6O4/c27-20(23-13-3-4-16-17(10-13)29-9-8-28-16)26-7-1-2-14(26)11-18-24-19(30-25-18)15-12-21-5-6-22-15/h3-6,10,12,14H,1-2,7-9,11H2,(H,23,27). The molecule has 3 aromatic rings. The van der Waals surface area contributed by atoms with Crippen LogP contribution in [0.2, 0.25) is 0 Å². The number of amides is 2. The van der Waals surface area contributed by atoms with Crippen molar-refractivity contribution in [1.82, 2.24) is 25.0 Å². The van der Waals surface area contributed by atoms with Crippen molar-refractivity contribution in [2.45, 2.75) is 25.3 Å². The van der Waals surface area contributed by atoms with Gasteiger partial charge < -0.3 is 24.2 Å². The number of nitrogens with zero attached hydrogens (tertiary/aromatic N) is 5. The van der Waals surface area contributed by atoms with E-state index in [0.717, 1.165) is 12.8 Å². The molecule has 4 heterocycles. The molecule has 2 aliphatic rings. The third-order valence-electron chi connectivity index (χ3n) is 5.10. The number of hydrogen-bond acceptors (Lipinski definition) is 8. The van der Waals surface area contributed by atoms with E-state index >= 15 is 0 Å². The maximum Gasteiger partial charge on any atom is 0.322 e. The second-order valence-electron chi connectivity index (χ2n) is 7.09. The van der Waals surface area contributed by atoms with E-state index in [2.05, 4.69) is 25.4 Å². The van der Waals surface area contributed by atoms with E-state index in [-0.39, 0.29) is 12.1 Å². The summed E-state index contributed by atoms with van der Waals surface area (Å²) in [6.45, 7) is 1.71. The number of carbonyl (C=O) groups excluding carboxylic acids is 1. The Morgan fingerprint density at radius 1 is 1.20 bits per heavy atom. The topological polar surface area (TPSA) is 116 Å². The van der Waals surface area contributed by atoms with Crippen LogP contribution >= 0.6 is 0 Å². The fourth-order valence-corrected chi connectivity index (χ4v) is 3.69. The Hall–Kier alpha value is -3.69. The van der Waals surface area contributed by atoms with E-state index in [0.29, 0.717) is 60.8 Å². The average Bonchev–Trinajstić information content (AvgIpc) is 3.44. The number of fused-ring (bicyclic) bond motifs is 1. The van der Waals surface area contributed by atoms with Crippen LogP contribution in [0.4, 0.5) is 10.5 Å². The van der Waals surface area contributed by atoms with Crippen LogP contribution in [-0.4, -0.2) is 56.8 Å². The molecule has 1 fully saturated rings. The van der Waals surface area contributed by atoms with Crippen LogP contribution < -0.4 is 14.8 Å². The molecule has 0 radical (unpaired) electrons. The Balaban J connectivity index is 1.25. The van der Waals surface area contributed by atoms with Gasteiger partial charge in [0.05, 0.1) is 6.20 Å². The minimum absolute atomic E-state index is 0.00508. The van der Waals surface area contributed by atoms with Crippen molar-refractivity contribution in [1.29, 1.82) is 0 Å². The molecular formula is C20H20N6O4. The molecule has 0 bridgehead atoms. The minimum Gasteiger partial charge on any atom is -0.486 e. The highest BCUT2D eigenvalue weighted by atomic mass is 16.6. The molecule has 5 rings (SSSR count). The summed E-state index contributed by atoms with van der Waals surface area (Å²) in [4.78, 5) is 27.3. The second kappa shape index (κ2) is 7.97. The number of nitrogens with one attached hydrogen (secondary N) is 1. The van der Waals surface area contributed by atoms with Crippen LogP contribution in [-0.2, 0) is 6.42 Å². The molecule has 1 saturated heterocycles. The first-order valence-corrected chi connectivity index (χ1v) is 9.82. The largest absolute Gasteiger partial charge is 0.486 e. The van der Waals surface area contributed by atoms with Gasteiger partial charge >= 0.3 is 6.03 Å². The number of hydrogen-bond donors (Lipinski definition) is 1. The monoisotopic (exact) mass is 408 g/mol. The van der Waals surface area contributed by atoms with Crippen LogP contribution in [0.3, 0.4) is 0 Å². The van der Waals surface area contributed by atoms with Gasteiger partial charge in [-0.15, -0.1) is 0 Å². The number of carbonyl (C=O) groups is 1. The molecule has 0 aliphatic carbocycles. The maximum absolute atomic E-state index is 12.9. The van der Waals surface area contributed by atoms with Crippen LogP contribution in [0, 0.1) is 0 Å². The Morgan fingerprint density at radius 2 is 2.10 bits per heavy atom. The fourth-order valence-electron chi connectivity index (χ4n) is 3.69. The zero-order valence-corrected chi connectivity index (χ0v) is 16.2. The van der Waals surface area contributed by atoms with Gasteiger partial charge in [0.15, 0.2) is 17.3 Å². The minimum atomic E-state index is -0.160. The molecule has 154 valence electrons. The summed E-state index contributed by atoms with van der Waals surface area (Å²) in [5, 5.41) is 6.99. The van der Waals surface area contributed by atoms with Crippen molar-refractivity contribution in [3.8, 4) is 23.1 Å². The third-order valence-corrected chi connectivity index (χ3v) is 5.10. The van der Waals surface area contributed by atoms with Gasteiger partial charge in [-0.1, -0.05) is 5.16 Å². The van der Waals surface area contributed by atoms with Gasteiger partial charge in [-0.2, -0.15) is 4.98 Å². The lowest BCUT2D eigenvalue weighted by atomic mass is 10.1. The van der Waals surface area contributed by atoms with Crippen LogP contribution in [0.5, 0.6) is 11.5 Å². The number of anilines is 1. The first-order chi connectivity index (χ1) is 14.8. The molecular weight excluding hydrogens is 388 g/mol. The van der Waals surface area contributed by atoms with Gasteiger partial charge in [-0.05, 0) is 25.0 Å². The lowest BCUT2D eigenvalue weighted by Crippen LogP contribution is -2.40. The number of benzene rings is 1. The first-order valence-electron chi connectivity index (χ1n) is 9.82. The lowest BCUT2D eigenvalue weighted by Gasteiger charge is -2.24. The summed E-state index contributed by atoms with van der Waals surface area (Å²) in [6, 6.07) is 5.23. The van der Waals surface area contributed by atoms with Gasteiger partial charge in [0.25, 0.3) is 5.89 Å². The van der Waals surface area contributed by atoms with Crippen molar-refractivity contribution in [3.63, 3.8) is 0 Å². The Kier molecular flexibility index (Phi) is 4.88. The highest BCUT2D eigenvalue weighted by Gasteiger charge is 2.30. The normalized spacial score (nSPS) is 17.7. The van der Waals surface area contributed by atoms with Crippen LogP contribution in [0.1, 0.15) is 18.7 Å². The Morgan fingerprint density at radius 3 is 2.97 bits per heavy atom. The van der Waals surface area contributed by atoms with Gasteiger partial charge in [0.2, 0.25) is 0 Å². The van der Waals surface area contributed by atoms with E-state index in [1.165, 1.54) is 0 Å². The Labute approximate surface area is 172 Å². The van der Waals surface area contributed by atoms with Crippen molar-refractivity contribution in [2.24, 2.45) is 0 Å². The van der Waals surface area contributed by atoms with Crippen molar-refractivity contribution < 1.29 is 18.8 Å².